The molecule has 1 aliphatic rings. The van der Waals surface area contributed by atoms with E-state index in [1.54, 1.807) is 12.3 Å². The largest absolute Gasteiger partial charge is 0.350 e. The molecule has 0 aliphatic carbocycles. The van der Waals surface area contributed by atoms with Crippen molar-refractivity contribution < 1.29 is 4.79 Å². The molecular weight excluding hydrogens is 314 g/mol. The van der Waals surface area contributed by atoms with Crippen LogP contribution in [0.15, 0.2) is 36.8 Å². The minimum atomic E-state index is -0.114. The molecule has 3 heterocycles. The molecule has 2 aromatic rings. The Morgan fingerprint density at radius 2 is 2.32 bits per heavy atom. The van der Waals surface area contributed by atoms with Crippen LogP contribution in [0.25, 0.3) is 0 Å². The lowest BCUT2D eigenvalue weighted by Gasteiger charge is -2.23. The number of hydrogen-bond donors (Lipinski definition) is 2. The van der Waals surface area contributed by atoms with Crippen LogP contribution in [0.4, 0.5) is 0 Å². The van der Waals surface area contributed by atoms with Crippen LogP contribution in [-0.2, 0) is 0 Å². The Hall–Kier alpha value is -2.21. The predicted octanol–water partition coefficient (Wildman–Crippen LogP) is 2.37. The fourth-order valence-electron chi connectivity index (χ4n) is 3.35. The molecular formula is C19H27N5O. The van der Waals surface area contributed by atoms with Crippen LogP contribution in [0.3, 0.4) is 0 Å². The Morgan fingerprint density at radius 3 is 3.00 bits per heavy atom. The summed E-state index contributed by atoms with van der Waals surface area (Å²) in [6.07, 6.45) is 7.81. The Balaban J connectivity index is 1.61. The molecule has 0 bridgehead atoms. The van der Waals surface area contributed by atoms with Crippen LogP contribution in [0.1, 0.15) is 54.7 Å². The second-order valence-corrected chi connectivity index (χ2v) is 7.03. The van der Waals surface area contributed by atoms with E-state index in [1.165, 1.54) is 0 Å². The van der Waals surface area contributed by atoms with Crippen molar-refractivity contribution in [2.75, 3.05) is 19.6 Å². The van der Waals surface area contributed by atoms with Crippen molar-refractivity contribution in [3.63, 3.8) is 0 Å². The van der Waals surface area contributed by atoms with E-state index in [9.17, 15) is 4.79 Å². The molecule has 25 heavy (non-hydrogen) atoms. The Bertz CT molecular complexity index is 676. The molecule has 2 N–H and O–H groups in total. The molecule has 6 nitrogen and oxygen atoms in total. The molecule has 0 saturated carbocycles. The number of carbonyl (C=O) groups excluding carboxylic acids is 1. The average Bonchev–Trinajstić information content (AvgIpc) is 3.13. The van der Waals surface area contributed by atoms with Crippen LogP contribution in [0.5, 0.6) is 0 Å². The van der Waals surface area contributed by atoms with Crippen molar-refractivity contribution in [3.05, 3.63) is 48.0 Å². The van der Waals surface area contributed by atoms with Crippen molar-refractivity contribution in [1.82, 2.24) is 25.4 Å². The first-order chi connectivity index (χ1) is 12.1. The lowest BCUT2D eigenvalue weighted by molar-refractivity contribution is 0.0942. The lowest BCUT2D eigenvalue weighted by atomic mass is 9.89. The Kier molecular flexibility index (Phi) is 5.81. The van der Waals surface area contributed by atoms with Gasteiger partial charge < -0.3 is 10.6 Å². The fourth-order valence-corrected chi connectivity index (χ4v) is 3.35. The van der Waals surface area contributed by atoms with Gasteiger partial charge in [-0.15, -0.1) is 0 Å². The van der Waals surface area contributed by atoms with E-state index in [2.05, 4.69) is 40.6 Å². The molecule has 0 aromatic carbocycles. The molecule has 2 atom stereocenters. The number of piperidine rings is 1. The van der Waals surface area contributed by atoms with Gasteiger partial charge in [-0.25, -0.2) is 0 Å². The predicted molar refractivity (Wildman–Crippen MR) is 97.5 cm³/mol. The van der Waals surface area contributed by atoms with E-state index in [1.807, 2.05) is 23.1 Å². The molecule has 1 amide bonds. The van der Waals surface area contributed by atoms with Gasteiger partial charge in [0.05, 0.1) is 6.04 Å². The summed E-state index contributed by atoms with van der Waals surface area (Å²) in [6, 6.07) is 6.15. The summed E-state index contributed by atoms with van der Waals surface area (Å²) in [7, 11) is 0. The minimum Gasteiger partial charge on any atom is -0.350 e. The maximum absolute atomic E-state index is 12.5. The SMILES string of the molecule is CC(C)C(CNC(=O)c1ccn(C2CCCNC2)n1)c1cccnc1. The van der Waals surface area contributed by atoms with Crippen LogP contribution in [0, 0.1) is 5.92 Å². The quantitative estimate of drug-likeness (QED) is 0.846. The molecule has 6 heteroatoms. The van der Waals surface area contributed by atoms with Crippen LogP contribution >= 0.6 is 0 Å². The van der Waals surface area contributed by atoms with Crippen molar-refractivity contribution in [2.45, 2.75) is 38.6 Å². The van der Waals surface area contributed by atoms with Gasteiger partial charge in [-0.2, -0.15) is 5.10 Å². The average molecular weight is 341 g/mol. The minimum absolute atomic E-state index is 0.114. The summed E-state index contributed by atoms with van der Waals surface area (Å²) in [5, 5.41) is 10.9. The fraction of sp³-hybridized carbons (Fsp3) is 0.526. The number of nitrogens with zero attached hydrogens (tertiary/aromatic N) is 3. The van der Waals surface area contributed by atoms with Gasteiger partial charge in [-0.3, -0.25) is 14.5 Å². The van der Waals surface area contributed by atoms with E-state index >= 15 is 0 Å². The van der Waals surface area contributed by atoms with Gasteiger partial charge in [0, 0.05) is 37.6 Å². The Labute approximate surface area is 149 Å². The molecule has 2 unspecified atom stereocenters. The van der Waals surface area contributed by atoms with Crippen molar-refractivity contribution in [3.8, 4) is 0 Å². The number of pyridine rings is 1. The topological polar surface area (TPSA) is 71.8 Å². The van der Waals surface area contributed by atoms with Crippen molar-refractivity contribution >= 4 is 5.91 Å². The molecule has 1 aliphatic heterocycles. The second kappa shape index (κ2) is 8.25. The lowest BCUT2D eigenvalue weighted by Crippen LogP contribution is -2.33. The maximum Gasteiger partial charge on any atom is 0.271 e. The molecule has 0 spiro atoms. The van der Waals surface area contributed by atoms with Gasteiger partial charge in [-0.1, -0.05) is 19.9 Å². The van der Waals surface area contributed by atoms with Crippen LogP contribution in [0.2, 0.25) is 0 Å². The zero-order chi connectivity index (χ0) is 17.6. The number of rotatable bonds is 6. The van der Waals surface area contributed by atoms with Crippen LogP contribution in [-0.4, -0.2) is 40.3 Å². The number of carbonyl (C=O) groups is 1. The van der Waals surface area contributed by atoms with E-state index in [-0.39, 0.29) is 11.8 Å². The third-order valence-corrected chi connectivity index (χ3v) is 4.89. The van der Waals surface area contributed by atoms with E-state index < -0.39 is 0 Å². The molecule has 1 saturated heterocycles. The maximum atomic E-state index is 12.5. The third-order valence-electron chi connectivity index (χ3n) is 4.89. The summed E-state index contributed by atoms with van der Waals surface area (Å²) in [6.45, 7) is 6.89. The first kappa shape index (κ1) is 17.6. The number of aromatic nitrogens is 3. The van der Waals surface area contributed by atoms with Gasteiger partial charge in [0.15, 0.2) is 0 Å². The van der Waals surface area contributed by atoms with Crippen molar-refractivity contribution in [1.29, 1.82) is 0 Å². The van der Waals surface area contributed by atoms with Crippen LogP contribution < -0.4 is 10.6 Å². The zero-order valence-electron chi connectivity index (χ0n) is 15.0. The normalized spacial score (nSPS) is 18.9. The Morgan fingerprint density at radius 1 is 1.44 bits per heavy atom. The molecule has 0 radical (unpaired) electrons. The summed E-state index contributed by atoms with van der Waals surface area (Å²) in [5.41, 5.74) is 1.64. The van der Waals surface area contributed by atoms with Gasteiger partial charge in [0.1, 0.15) is 5.69 Å². The highest BCUT2D eigenvalue weighted by Gasteiger charge is 2.20. The highest BCUT2D eigenvalue weighted by atomic mass is 16.1. The summed E-state index contributed by atoms with van der Waals surface area (Å²) in [4.78, 5) is 16.7. The standard InChI is InChI=1S/C19H27N5O/c1-14(2)17(15-5-3-8-20-11-15)13-22-19(25)18-7-10-24(23-18)16-6-4-9-21-12-16/h3,5,7-8,10-11,14,16-17,21H,4,6,9,12-13H2,1-2H3,(H,22,25). The second-order valence-electron chi connectivity index (χ2n) is 7.03. The number of hydrogen-bond acceptors (Lipinski definition) is 4. The third kappa shape index (κ3) is 4.45. The van der Waals surface area contributed by atoms with E-state index in [0.29, 0.717) is 24.2 Å². The smallest absolute Gasteiger partial charge is 0.271 e. The van der Waals surface area contributed by atoms with E-state index in [4.69, 9.17) is 0 Å². The molecule has 134 valence electrons. The van der Waals surface area contributed by atoms with Gasteiger partial charge >= 0.3 is 0 Å². The number of amides is 1. The summed E-state index contributed by atoms with van der Waals surface area (Å²) < 4.78 is 1.92. The highest BCUT2D eigenvalue weighted by molar-refractivity contribution is 5.92. The summed E-state index contributed by atoms with van der Waals surface area (Å²) in [5.74, 6) is 0.537. The van der Waals surface area contributed by atoms with Gasteiger partial charge in [0.25, 0.3) is 5.91 Å². The summed E-state index contributed by atoms with van der Waals surface area (Å²) >= 11 is 0. The molecule has 1 fully saturated rings. The van der Waals surface area contributed by atoms with Gasteiger partial charge in [-0.05, 0) is 43.0 Å². The molecule has 3 rings (SSSR count). The number of nitrogens with one attached hydrogen (secondary N) is 2. The van der Waals surface area contributed by atoms with E-state index in [0.717, 1.165) is 31.5 Å². The highest BCUT2D eigenvalue weighted by Crippen LogP contribution is 2.23. The molecule has 2 aromatic heterocycles. The van der Waals surface area contributed by atoms with Gasteiger partial charge in [0.2, 0.25) is 0 Å². The first-order valence-corrected chi connectivity index (χ1v) is 9.09. The van der Waals surface area contributed by atoms with Crippen molar-refractivity contribution in [2.24, 2.45) is 5.92 Å². The zero-order valence-corrected chi connectivity index (χ0v) is 15.0. The first-order valence-electron chi connectivity index (χ1n) is 9.09. The monoisotopic (exact) mass is 341 g/mol.